The number of carbonyl (C=O) groups is 1. The van der Waals surface area contributed by atoms with Crippen molar-refractivity contribution in [1.29, 1.82) is 0 Å². The SMILES string of the molecule is O=C(O)C1(CNc2cccs2)COC1. The largest absolute Gasteiger partial charge is 0.481 e. The minimum atomic E-state index is -0.784. The third-order valence-electron chi connectivity index (χ3n) is 2.33. The molecule has 5 heteroatoms. The molecule has 0 radical (unpaired) electrons. The first kappa shape index (κ1) is 9.48. The molecule has 0 bridgehead atoms. The zero-order valence-electron chi connectivity index (χ0n) is 7.53. The Balaban J connectivity index is 1.93. The maximum atomic E-state index is 10.9. The van der Waals surface area contributed by atoms with E-state index in [4.69, 9.17) is 9.84 Å². The third kappa shape index (κ3) is 1.60. The Morgan fingerprint density at radius 2 is 2.50 bits per heavy atom. The molecular formula is C9H11NO3S. The van der Waals surface area contributed by atoms with Crippen molar-refractivity contribution in [3.05, 3.63) is 17.5 Å². The van der Waals surface area contributed by atoms with Crippen LogP contribution in [0.2, 0.25) is 0 Å². The lowest BCUT2D eigenvalue weighted by Crippen LogP contribution is -2.53. The van der Waals surface area contributed by atoms with Crippen LogP contribution < -0.4 is 5.32 Å². The standard InChI is InChI=1S/C9H11NO3S/c11-8(12)9(5-13-6-9)4-10-7-2-1-3-14-7/h1-3,10H,4-6H2,(H,11,12). The number of aliphatic carboxylic acids is 1. The number of thiophene rings is 1. The lowest BCUT2D eigenvalue weighted by Gasteiger charge is -2.37. The van der Waals surface area contributed by atoms with Gasteiger partial charge in [0.15, 0.2) is 0 Å². The molecule has 0 aliphatic carbocycles. The van der Waals surface area contributed by atoms with Crippen LogP contribution in [0.3, 0.4) is 0 Å². The average molecular weight is 213 g/mol. The van der Waals surface area contributed by atoms with Gasteiger partial charge in [-0.15, -0.1) is 11.3 Å². The first-order chi connectivity index (χ1) is 6.73. The highest BCUT2D eigenvalue weighted by molar-refractivity contribution is 7.14. The lowest BCUT2D eigenvalue weighted by molar-refractivity contribution is -0.176. The summed E-state index contributed by atoms with van der Waals surface area (Å²) in [7, 11) is 0. The van der Waals surface area contributed by atoms with Gasteiger partial charge in [-0.2, -0.15) is 0 Å². The highest BCUT2D eigenvalue weighted by Gasteiger charge is 2.46. The van der Waals surface area contributed by atoms with Crippen molar-refractivity contribution in [3.63, 3.8) is 0 Å². The van der Waals surface area contributed by atoms with E-state index in [2.05, 4.69) is 5.32 Å². The van der Waals surface area contributed by atoms with E-state index < -0.39 is 11.4 Å². The average Bonchev–Trinajstić information content (AvgIpc) is 2.53. The van der Waals surface area contributed by atoms with E-state index in [1.807, 2.05) is 17.5 Å². The van der Waals surface area contributed by atoms with Gasteiger partial charge >= 0.3 is 5.97 Å². The van der Waals surface area contributed by atoms with Gasteiger partial charge < -0.3 is 15.2 Å². The van der Waals surface area contributed by atoms with Crippen molar-refractivity contribution in [3.8, 4) is 0 Å². The summed E-state index contributed by atoms with van der Waals surface area (Å²) in [5.74, 6) is -0.784. The van der Waals surface area contributed by atoms with Crippen molar-refractivity contribution in [1.82, 2.24) is 0 Å². The van der Waals surface area contributed by atoms with E-state index in [1.165, 1.54) is 0 Å². The Hall–Kier alpha value is -1.07. The number of ether oxygens (including phenoxy) is 1. The molecule has 0 unspecified atom stereocenters. The summed E-state index contributed by atoms with van der Waals surface area (Å²) in [5.41, 5.74) is -0.718. The quantitative estimate of drug-likeness (QED) is 0.790. The number of nitrogens with one attached hydrogen (secondary N) is 1. The molecule has 14 heavy (non-hydrogen) atoms. The Bertz CT molecular complexity index is 319. The maximum absolute atomic E-state index is 10.9. The highest BCUT2D eigenvalue weighted by atomic mass is 32.1. The zero-order valence-corrected chi connectivity index (χ0v) is 8.34. The molecule has 76 valence electrons. The highest BCUT2D eigenvalue weighted by Crippen LogP contribution is 2.29. The van der Waals surface area contributed by atoms with Gasteiger partial charge in [0, 0.05) is 6.54 Å². The van der Waals surface area contributed by atoms with Crippen molar-refractivity contribution in [2.24, 2.45) is 5.41 Å². The van der Waals surface area contributed by atoms with Crippen LogP contribution in [0.4, 0.5) is 5.00 Å². The van der Waals surface area contributed by atoms with Gasteiger partial charge in [-0.05, 0) is 17.5 Å². The molecule has 2 N–H and O–H groups in total. The predicted molar refractivity (Wildman–Crippen MR) is 53.7 cm³/mol. The third-order valence-corrected chi connectivity index (χ3v) is 3.16. The zero-order chi connectivity index (χ0) is 10.0. The fourth-order valence-electron chi connectivity index (χ4n) is 1.29. The Morgan fingerprint density at radius 3 is 2.93 bits per heavy atom. The number of rotatable bonds is 4. The molecule has 4 nitrogen and oxygen atoms in total. The van der Waals surface area contributed by atoms with Gasteiger partial charge in [-0.1, -0.05) is 0 Å². The van der Waals surface area contributed by atoms with Crippen molar-refractivity contribution in [2.75, 3.05) is 25.1 Å². The minimum absolute atomic E-state index is 0.306. The van der Waals surface area contributed by atoms with Crippen molar-refractivity contribution < 1.29 is 14.6 Å². The second kappa shape index (κ2) is 3.59. The second-order valence-electron chi connectivity index (χ2n) is 3.41. The van der Waals surface area contributed by atoms with Gasteiger partial charge in [-0.3, -0.25) is 4.79 Å². The van der Waals surface area contributed by atoms with Crippen LogP contribution in [-0.2, 0) is 9.53 Å². The van der Waals surface area contributed by atoms with E-state index in [0.29, 0.717) is 19.8 Å². The van der Waals surface area contributed by atoms with Gasteiger partial charge in [0.25, 0.3) is 0 Å². The van der Waals surface area contributed by atoms with E-state index in [0.717, 1.165) is 5.00 Å². The summed E-state index contributed by atoms with van der Waals surface area (Å²) in [4.78, 5) is 10.9. The summed E-state index contributed by atoms with van der Waals surface area (Å²) in [5, 5.41) is 15.1. The van der Waals surface area contributed by atoms with Gasteiger partial charge in [0.2, 0.25) is 0 Å². The molecule has 1 fully saturated rings. The summed E-state index contributed by atoms with van der Waals surface area (Å²) in [6, 6.07) is 3.86. The maximum Gasteiger partial charge on any atom is 0.316 e. The number of hydrogen-bond donors (Lipinski definition) is 2. The van der Waals surface area contributed by atoms with E-state index in [1.54, 1.807) is 11.3 Å². The Kier molecular flexibility index (Phi) is 2.43. The van der Waals surface area contributed by atoms with Crippen molar-refractivity contribution in [2.45, 2.75) is 0 Å². The van der Waals surface area contributed by atoms with Crippen LogP contribution in [0.25, 0.3) is 0 Å². The topological polar surface area (TPSA) is 58.6 Å². The summed E-state index contributed by atoms with van der Waals surface area (Å²) >= 11 is 1.57. The molecule has 0 saturated carbocycles. The molecule has 0 amide bonds. The number of hydrogen-bond acceptors (Lipinski definition) is 4. The van der Waals surface area contributed by atoms with Gasteiger partial charge in [-0.25, -0.2) is 0 Å². The fraction of sp³-hybridized carbons (Fsp3) is 0.444. The lowest BCUT2D eigenvalue weighted by atomic mass is 9.86. The normalized spacial score (nSPS) is 18.6. The molecule has 2 rings (SSSR count). The second-order valence-corrected chi connectivity index (χ2v) is 4.36. The van der Waals surface area contributed by atoms with Crippen LogP contribution in [0.15, 0.2) is 17.5 Å². The molecule has 1 aromatic heterocycles. The van der Waals surface area contributed by atoms with Crippen LogP contribution in [0, 0.1) is 5.41 Å². The van der Waals surface area contributed by atoms with Crippen LogP contribution in [0.1, 0.15) is 0 Å². The van der Waals surface area contributed by atoms with Crippen LogP contribution >= 0.6 is 11.3 Å². The summed E-state index contributed by atoms with van der Waals surface area (Å²) in [6.45, 7) is 1.05. The van der Waals surface area contributed by atoms with Crippen LogP contribution in [-0.4, -0.2) is 30.8 Å². The van der Waals surface area contributed by atoms with Gasteiger partial charge in [0.1, 0.15) is 5.41 Å². The first-order valence-electron chi connectivity index (χ1n) is 4.31. The Labute approximate surface area is 85.5 Å². The number of carboxylic acid groups (broad SMARTS) is 1. The molecule has 0 spiro atoms. The molecule has 0 atom stereocenters. The van der Waals surface area contributed by atoms with Crippen LogP contribution in [0.5, 0.6) is 0 Å². The van der Waals surface area contributed by atoms with E-state index in [9.17, 15) is 4.79 Å². The van der Waals surface area contributed by atoms with E-state index in [-0.39, 0.29) is 0 Å². The molecule has 1 aliphatic heterocycles. The molecule has 2 heterocycles. The predicted octanol–water partition coefficient (Wildman–Crippen LogP) is 1.26. The van der Waals surface area contributed by atoms with Gasteiger partial charge in [0.05, 0.1) is 18.2 Å². The Morgan fingerprint density at radius 1 is 1.71 bits per heavy atom. The molecule has 0 aromatic carbocycles. The summed E-state index contributed by atoms with van der Waals surface area (Å²) < 4.78 is 4.95. The number of carboxylic acids is 1. The molecule has 1 saturated heterocycles. The fourth-order valence-corrected chi connectivity index (χ4v) is 1.90. The number of anilines is 1. The summed E-state index contributed by atoms with van der Waals surface area (Å²) in [6.07, 6.45) is 0. The smallest absolute Gasteiger partial charge is 0.316 e. The monoisotopic (exact) mass is 213 g/mol. The van der Waals surface area contributed by atoms with E-state index >= 15 is 0 Å². The molecular weight excluding hydrogens is 202 g/mol. The first-order valence-corrected chi connectivity index (χ1v) is 5.19. The minimum Gasteiger partial charge on any atom is -0.481 e. The molecule has 1 aromatic rings. The molecule has 1 aliphatic rings. The van der Waals surface area contributed by atoms with Crippen molar-refractivity contribution >= 4 is 22.3 Å².